The van der Waals surface area contributed by atoms with Crippen LogP contribution in [0.3, 0.4) is 0 Å². The lowest BCUT2D eigenvalue weighted by Gasteiger charge is -2.36. The van der Waals surface area contributed by atoms with E-state index in [-0.39, 0.29) is 11.5 Å². The molecule has 1 aliphatic rings. The molecule has 0 saturated carbocycles. The Hall–Kier alpha value is -2.88. The van der Waals surface area contributed by atoms with Gasteiger partial charge in [0.25, 0.3) is 5.91 Å². The molecule has 1 aromatic heterocycles. The van der Waals surface area contributed by atoms with Gasteiger partial charge in [-0.1, -0.05) is 19.4 Å². The maximum absolute atomic E-state index is 13.8. The molecule has 7 heteroatoms. The van der Waals surface area contributed by atoms with Crippen LogP contribution in [-0.2, 0) is 6.42 Å². The Morgan fingerprint density at radius 2 is 2.12 bits per heavy atom. The van der Waals surface area contributed by atoms with E-state index in [0.29, 0.717) is 37.4 Å². The molecule has 1 aromatic carbocycles. The minimum atomic E-state index is -0.513. The van der Waals surface area contributed by atoms with E-state index in [1.807, 2.05) is 11.0 Å². The number of nitrogens with one attached hydrogen (secondary N) is 1. The minimum Gasteiger partial charge on any atom is -0.367 e. The lowest BCUT2D eigenvalue weighted by atomic mass is 10.1. The number of amides is 1. The van der Waals surface area contributed by atoms with Crippen molar-refractivity contribution >= 4 is 11.6 Å². The fourth-order valence-electron chi connectivity index (χ4n) is 3.15. The molecule has 1 N–H and O–H groups in total. The predicted octanol–water partition coefficient (Wildman–Crippen LogP) is 2.34. The van der Waals surface area contributed by atoms with E-state index >= 15 is 0 Å². The molecular weight excluding hydrogens is 321 g/mol. The van der Waals surface area contributed by atoms with E-state index in [0.717, 1.165) is 18.5 Å². The summed E-state index contributed by atoms with van der Waals surface area (Å²) < 4.78 is 13.8. The number of hydrogen-bond donors (Lipinski definition) is 1. The van der Waals surface area contributed by atoms with Gasteiger partial charge in [0.05, 0.1) is 17.4 Å². The Morgan fingerprint density at radius 1 is 1.36 bits per heavy atom. The van der Waals surface area contributed by atoms with Crippen molar-refractivity contribution in [3.63, 3.8) is 0 Å². The number of aryl methyl sites for hydroxylation is 1. The van der Waals surface area contributed by atoms with Gasteiger partial charge in [0.15, 0.2) is 0 Å². The predicted molar refractivity (Wildman–Crippen MR) is 91.8 cm³/mol. The molecule has 0 unspecified atom stereocenters. The summed E-state index contributed by atoms with van der Waals surface area (Å²) in [5.41, 5.74) is 2.14. The van der Waals surface area contributed by atoms with Gasteiger partial charge < -0.3 is 9.80 Å². The summed E-state index contributed by atoms with van der Waals surface area (Å²) in [6, 6.07) is 6.56. The first-order valence-electron chi connectivity index (χ1n) is 8.40. The van der Waals surface area contributed by atoms with Crippen LogP contribution in [0.4, 0.5) is 10.1 Å². The summed E-state index contributed by atoms with van der Waals surface area (Å²) >= 11 is 0. The average Bonchev–Trinajstić information content (AvgIpc) is 3.09. The van der Waals surface area contributed by atoms with Crippen LogP contribution in [0.1, 0.15) is 35.0 Å². The Morgan fingerprint density at radius 3 is 2.80 bits per heavy atom. The van der Waals surface area contributed by atoms with Crippen molar-refractivity contribution in [3.05, 3.63) is 47.0 Å². The molecule has 1 aliphatic heterocycles. The third kappa shape index (κ3) is 3.33. The first-order chi connectivity index (χ1) is 12.2. The largest absolute Gasteiger partial charge is 0.367 e. The Kier molecular flexibility index (Phi) is 4.98. The molecule has 1 saturated heterocycles. The second kappa shape index (κ2) is 7.34. The molecular formula is C18H20FN5O. The van der Waals surface area contributed by atoms with E-state index < -0.39 is 5.82 Å². The van der Waals surface area contributed by atoms with Gasteiger partial charge in [-0.3, -0.25) is 9.89 Å². The van der Waals surface area contributed by atoms with Gasteiger partial charge in [0.1, 0.15) is 17.4 Å². The number of hydrogen-bond acceptors (Lipinski definition) is 4. The molecule has 6 nitrogen and oxygen atoms in total. The number of piperazine rings is 1. The Bertz CT molecular complexity index is 802. The van der Waals surface area contributed by atoms with Crippen LogP contribution in [0.5, 0.6) is 0 Å². The molecule has 3 rings (SSSR count). The molecule has 0 aliphatic carbocycles. The molecule has 1 fully saturated rings. The number of H-pyrrole nitrogens is 1. The molecule has 25 heavy (non-hydrogen) atoms. The maximum Gasteiger partial charge on any atom is 0.257 e. The SMILES string of the molecule is CCCc1[nH]ncc1C(=O)N1CCN(c2cccc(F)c2C#N)CC1. The summed E-state index contributed by atoms with van der Waals surface area (Å²) in [5.74, 6) is -0.544. The van der Waals surface area contributed by atoms with Crippen LogP contribution >= 0.6 is 0 Å². The lowest BCUT2D eigenvalue weighted by Crippen LogP contribution is -2.49. The van der Waals surface area contributed by atoms with Crippen molar-refractivity contribution in [3.8, 4) is 6.07 Å². The fourth-order valence-corrected chi connectivity index (χ4v) is 3.15. The number of aromatic amines is 1. The highest BCUT2D eigenvalue weighted by atomic mass is 19.1. The molecule has 0 atom stereocenters. The first-order valence-corrected chi connectivity index (χ1v) is 8.40. The van der Waals surface area contributed by atoms with Gasteiger partial charge in [0.2, 0.25) is 0 Å². The zero-order chi connectivity index (χ0) is 17.8. The summed E-state index contributed by atoms with van der Waals surface area (Å²) in [5, 5.41) is 16.1. The van der Waals surface area contributed by atoms with Gasteiger partial charge in [-0.15, -0.1) is 0 Å². The molecule has 0 radical (unpaired) electrons. The Balaban J connectivity index is 1.70. The van der Waals surface area contributed by atoms with E-state index in [9.17, 15) is 14.4 Å². The molecule has 0 spiro atoms. The number of anilines is 1. The second-order valence-electron chi connectivity index (χ2n) is 6.04. The highest BCUT2D eigenvalue weighted by molar-refractivity contribution is 5.95. The number of nitrogens with zero attached hydrogens (tertiary/aromatic N) is 4. The summed E-state index contributed by atoms with van der Waals surface area (Å²) in [6.07, 6.45) is 3.31. The monoisotopic (exact) mass is 341 g/mol. The first kappa shape index (κ1) is 17.0. The van der Waals surface area contributed by atoms with Crippen LogP contribution in [0.25, 0.3) is 0 Å². The highest BCUT2D eigenvalue weighted by Gasteiger charge is 2.26. The molecule has 0 bridgehead atoms. The summed E-state index contributed by atoms with van der Waals surface area (Å²) in [7, 11) is 0. The molecule has 130 valence electrons. The van der Waals surface area contributed by atoms with E-state index in [1.165, 1.54) is 6.07 Å². The maximum atomic E-state index is 13.8. The summed E-state index contributed by atoms with van der Waals surface area (Å²) in [6.45, 7) is 4.23. The number of halogens is 1. The average molecular weight is 341 g/mol. The van der Waals surface area contributed by atoms with Gasteiger partial charge >= 0.3 is 0 Å². The van der Waals surface area contributed by atoms with Crippen molar-refractivity contribution in [2.75, 3.05) is 31.1 Å². The fraction of sp³-hybridized carbons (Fsp3) is 0.389. The standard InChI is InChI=1S/C18H20FN5O/c1-2-4-16-14(12-21-22-16)18(25)24-9-7-23(8-10-24)17-6-3-5-15(19)13(17)11-20/h3,5-6,12H,2,4,7-10H2,1H3,(H,21,22). The van der Waals surface area contributed by atoms with E-state index in [1.54, 1.807) is 23.2 Å². The van der Waals surface area contributed by atoms with Gasteiger partial charge in [-0.2, -0.15) is 10.4 Å². The molecule has 1 amide bonds. The second-order valence-corrected chi connectivity index (χ2v) is 6.04. The van der Waals surface area contributed by atoms with Crippen molar-refractivity contribution in [1.29, 1.82) is 5.26 Å². The number of benzene rings is 1. The van der Waals surface area contributed by atoms with Gasteiger partial charge in [-0.05, 0) is 18.6 Å². The zero-order valence-corrected chi connectivity index (χ0v) is 14.1. The van der Waals surface area contributed by atoms with Crippen molar-refractivity contribution in [2.24, 2.45) is 0 Å². The third-order valence-corrected chi connectivity index (χ3v) is 4.46. The smallest absolute Gasteiger partial charge is 0.257 e. The third-order valence-electron chi connectivity index (χ3n) is 4.46. The van der Waals surface area contributed by atoms with Crippen molar-refractivity contribution in [1.82, 2.24) is 15.1 Å². The summed E-state index contributed by atoms with van der Waals surface area (Å²) in [4.78, 5) is 16.4. The topological polar surface area (TPSA) is 76.0 Å². The number of nitriles is 1. The molecule has 2 heterocycles. The van der Waals surface area contributed by atoms with Crippen LogP contribution in [0, 0.1) is 17.1 Å². The van der Waals surface area contributed by atoms with Crippen LogP contribution in [0.15, 0.2) is 24.4 Å². The minimum absolute atomic E-state index is 0.0309. The Labute approximate surface area is 145 Å². The van der Waals surface area contributed by atoms with Crippen molar-refractivity contribution < 1.29 is 9.18 Å². The number of carbonyl (C=O) groups excluding carboxylic acids is 1. The lowest BCUT2D eigenvalue weighted by molar-refractivity contribution is 0.0745. The zero-order valence-electron chi connectivity index (χ0n) is 14.1. The van der Waals surface area contributed by atoms with Crippen LogP contribution in [0.2, 0.25) is 0 Å². The van der Waals surface area contributed by atoms with Gasteiger partial charge in [-0.25, -0.2) is 4.39 Å². The molecule has 2 aromatic rings. The quantitative estimate of drug-likeness (QED) is 0.926. The van der Waals surface area contributed by atoms with Crippen molar-refractivity contribution in [2.45, 2.75) is 19.8 Å². The van der Waals surface area contributed by atoms with Gasteiger partial charge in [0, 0.05) is 31.9 Å². The normalized spacial score (nSPS) is 14.4. The van der Waals surface area contributed by atoms with Crippen LogP contribution in [-0.4, -0.2) is 47.2 Å². The van der Waals surface area contributed by atoms with E-state index in [4.69, 9.17) is 0 Å². The van der Waals surface area contributed by atoms with Crippen LogP contribution < -0.4 is 4.90 Å². The van der Waals surface area contributed by atoms with E-state index in [2.05, 4.69) is 17.1 Å². The number of carbonyl (C=O) groups is 1. The number of aromatic nitrogens is 2. The highest BCUT2D eigenvalue weighted by Crippen LogP contribution is 2.24. The number of rotatable bonds is 4.